The van der Waals surface area contributed by atoms with Crippen LogP contribution < -0.4 is 0 Å². The molecule has 1 aromatic carbocycles. The summed E-state index contributed by atoms with van der Waals surface area (Å²) in [5.41, 5.74) is 2.64. The smallest absolute Gasteiger partial charge is 0.0939 e. The van der Waals surface area contributed by atoms with Crippen molar-refractivity contribution in [2.45, 2.75) is 24.6 Å². The van der Waals surface area contributed by atoms with Crippen molar-refractivity contribution in [1.29, 1.82) is 0 Å². The number of hydrogen-bond acceptors (Lipinski definition) is 1. The van der Waals surface area contributed by atoms with Crippen molar-refractivity contribution in [1.82, 2.24) is 0 Å². The van der Waals surface area contributed by atoms with Gasteiger partial charge in [0.25, 0.3) is 0 Å². The van der Waals surface area contributed by atoms with Crippen molar-refractivity contribution >= 4 is 54.8 Å². The van der Waals surface area contributed by atoms with Crippen molar-refractivity contribution in [3.63, 3.8) is 0 Å². The Labute approximate surface area is 133 Å². The van der Waals surface area contributed by atoms with E-state index in [0.29, 0.717) is 0 Å². The average molecular weight is 407 g/mol. The molecule has 1 aromatic heterocycles. The lowest BCUT2D eigenvalue weighted by Gasteiger charge is -2.11. The molecule has 0 N–H and O–H groups in total. The van der Waals surface area contributed by atoms with Crippen LogP contribution in [-0.4, -0.2) is 0 Å². The van der Waals surface area contributed by atoms with Crippen LogP contribution in [0.2, 0.25) is 0 Å². The summed E-state index contributed by atoms with van der Waals surface area (Å²) in [7, 11) is 0. The highest BCUT2D eigenvalue weighted by molar-refractivity contribution is 9.11. The van der Waals surface area contributed by atoms with E-state index in [0.717, 1.165) is 14.5 Å². The van der Waals surface area contributed by atoms with Crippen LogP contribution in [0.4, 0.5) is 0 Å². The minimum Gasteiger partial charge on any atom is -0.143 e. The zero-order chi connectivity index (χ0) is 12.7. The first kappa shape index (κ1) is 13.2. The van der Waals surface area contributed by atoms with Crippen LogP contribution in [0.25, 0.3) is 0 Å². The van der Waals surface area contributed by atoms with Crippen molar-refractivity contribution in [2.75, 3.05) is 0 Å². The highest BCUT2D eigenvalue weighted by atomic mass is 79.9. The van der Waals surface area contributed by atoms with E-state index in [1.807, 2.05) is 23.5 Å². The van der Waals surface area contributed by atoms with Crippen LogP contribution in [0.1, 0.15) is 32.7 Å². The molecule has 1 aliphatic carbocycles. The highest BCUT2D eigenvalue weighted by Crippen LogP contribution is 2.41. The predicted molar refractivity (Wildman–Crippen MR) is 85.9 cm³/mol. The second-order valence-electron chi connectivity index (χ2n) is 4.48. The highest BCUT2D eigenvalue weighted by Gasteiger charge is 2.21. The summed E-state index contributed by atoms with van der Waals surface area (Å²) in [5.74, 6) is 0. The van der Waals surface area contributed by atoms with Gasteiger partial charge < -0.3 is 0 Å². The molecule has 18 heavy (non-hydrogen) atoms. The summed E-state index contributed by atoms with van der Waals surface area (Å²) in [4.78, 5) is 2.79. The summed E-state index contributed by atoms with van der Waals surface area (Å²) in [6.07, 6.45) is 3.74. The molecule has 1 aliphatic rings. The van der Waals surface area contributed by atoms with Gasteiger partial charge >= 0.3 is 0 Å². The quantitative estimate of drug-likeness (QED) is 0.530. The molecule has 4 heteroatoms. The Kier molecular flexibility index (Phi) is 3.86. The Balaban J connectivity index is 1.98. The number of alkyl halides is 1. The molecular formula is C14H11Br2ClS. The third kappa shape index (κ3) is 2.43. The van der Waals surface area contributed by atoms with Gasteiger partial charge in [-0.1, -0.05) is 31.9 Å². The first-order chi connectivity index (χ1) is 8.65. The topological polar surface area (TPSA) is 0 Å². The van der Waals surface area contributed by atoms with Gasteiger partial charge in [0.2, 0.25) is 0 Å². The van der Waals surface area contributed by atoms with Gasteiger partial charge in [-0.25, -0.2) is 0 Å². The third-order valence-electron chi connectivity index (χ3n) is 3.25. The van der Waals surface area contributed by atoms with E-state index in [-0.39, 0.29) is 5.38 Å². The minimum absolute atomic E-state index is 0.0625. The normalized spacial score (nSPS) is 15.7. The maximum atomic E-state index is 6.63. The first-order valence-electron chi connectivity index (χ1n) is 5.85. The van der Waals surface area contributed by atoms with Crippen LogP contribution >= 0.6 is 54.8 Å². The molecule has 0 spiro atoms. The number of benzene rings is 1. The molecule has 1 atom stereocenters. The lowest BCUT2D eigenvalue weighted by Crippen LogP contribution is -1.92. The maximum absolute atomic E-state index is 6.63. The van der Waals surface area contributed by atoms with Crippen molar-refractivity contribution in [3.05, 3.63) is 54.1 Å². The lowest BCUT2D eigenvalue weighted by atomic mass is 10.1. The summed E-state index contributed by atoms with van der Waals surface area (Å²) < 4.78 is 2.13. The molecule has 0 amide bonds. The Morgan fingerprint density at radius 3 is 2.78 bits per heavy atom. The summed E-state index contributed by atoms with van der Waals surface area (Å²) >= 11 is 15.6. The van der Waals surface area contributed by atoms with Crippen LogP contribution in [0.15, 0.2) is 33.2 Å². The van der Waals surface area contributed by atoms with Gasteiger partial charge in [0.15, 0.2) is 0 Å². The van der Waals surface area contributed by atoms with E-state index in [9.17, 15) is 0 Å². The molecule has 94 valence electrons. The Bertz CT molecular complexity index is 570. The van der Waals surface area contributed by atoms with Crippen LogP contribution in [-0.2, 0) is 12.8 Å². The molecule has 0 bridgehead atoms. The van der Waals surface area contributed by atoms with Crippen LogP contribution in [0.5, 0.6) is 0 Å². The molecule has 0 fully saturated rings. The number of aryl methyl sites for hydroxylation is 2. The fourth-order valence-electron chi connectivity index (χ4n) is 2.34. The summed E-state index contributed by atoms with van der Waals surface area (Å²) in [6, 6.07) is 8.44. The van der Waals surface area contributed by atoms with Crippen molar-refractivity contribution in [2.24, 2.45) is 0 Å². The summed E-state index contributed by atoms with van der Waals surface area (Å²) in [5, 5.41) is -0.0625. The monoisotopic (exact) mass is 404 g/mol. The van der Waals surface area contributed by atoms with E-state index in [4.69, 9.17) is 11.6 Å². The van der Waals surface area contributed by atoms with Crippen LogP contribution in [0, 0.1) is 0 Å². The zero-order valence-electron chi connectivity index (χ0n) is 9.55. The maximum Gasteiger partial charge on any atom is 0.0939 e. The lowest BCUT2D eigenvalue weighted by molar-refractivity contribution is 0.913. The zero-order valence-corrected chi connectivity index (χ0v) is 14.3. The molecule has 0 nitrogen and oxygen atoms in total. The SMILES string of the molecule is ClC(c1cc2c(s1)CCC2)c1cc(Br)ccc1Br. The second-order valence-corrected chi connectivity index (χ2v) is 7.85. The average Bonchev–Trinajstić information content (AvgIpc) is 2.91. The number of thiophene rings is 1. The number of rotatable bonds is 2. The molecule has 1 heterocycles. The van der Waals surface area contributed by atoms with E-state index < -0.39 is 0 Å². The Morgan fingerprint density at radius 1 is 1.17 bits per heavy atom. The largest absolute Gasteiger partial charge is 0.143 e. The van der Waals surface area contributed by atoms with Crippen molar-refractivity contribution < 1.29 is 0 Å². The Hall–Kier alpha value is 0.170. The van der Waals surface area contributed by atoms with Gasteiger partial charge in [-0.05, 0) is 54.7 Å². The molecule has 2 aromatic rings. The molecule has 3 rings (SSSR count). The number of fused-ring (bicyclic) bond motifs is 1. The van der Waals surface area contributed by atoms with E-state index >= 15 is 0 Å². The second kappa shape index (κ2) is 5.28. The fourth-order valence-corrected chi connectivity index (χ4v) is 4.96. The van der Waals surface area contributed by atoms with Gasteiger partial charge in [-0.2, -0.15) is 0 Å². The minimum atomic E-state index is -0.0625. The van der Waals surface area contributed by atoms with Gasteiger partial charge in [0.1, 0.15) is 0 Å². The molecule has 1 unspecified atom stereocenters. The molecule has 0 saturated heterocycles. The number of halogens is 3. The van der Waals surface area contributed by atoms with Crippen LogP contribution in [0.3, 0.4) is 0 Å². The third-order valence-corrected chi connectivity index (χ3v) is 6.36. The number of hydrogen-bond donors (Lipinski definition) is 0. The first-order valence-corrected chi connectivity index (χ1v) is 8.69. The van der Waals surface area contributed by atoms with Gasteiger partial charge in [0, 0.05) is 18.7 Å². The standard InChI is InChI=1S/C14H11Br2ClS/c15-9-4-5-11(16)10(7-9)14(17)13-6-8-2-1-3-12(8)18-13/h4-7,14H,1-3H2. The van der Waals surface area contributed by atoms with Gasteiger partial charge in [-0.3, -0.25) is 0 Å². The van der Waals surface area contributed by atoms with E-state index in [2.05, 4.69) is 44.0 Å². The van der Waals surface area contributed by atoms with E-state index in [1.54, 1.807) is 0 Å². The molecule has 0 saturated carbocycles. The molecule has 0 radical (unpaired) electrons. The Morgan fingerprint density at radius 2 is 2.00 bits per heavy atom. The van der Waals surface area contributed by atoms with Gasteiger partial charge in [0.05, 0.1) is 5.38 Å². The molecular weight excluding hydrogens is 395 g/mol. The summed E-state index contributed by atoms with van der Waals surface area (Å²) in [6.45, 7) is 0. The van der Waals surface area contributed by atoms with Crippen molar-refractivity contribution in [3.8, 4) is 0 Å². The van der Waals surface area contributed by atoms with E-state index in [1.165, 1.54) is 34.6 Å². The van der Waals surface area contributed by atoms with Gasteiger partial charge in [-0.15, -0.1) is 22.9 Å². The molecule has 0 aliphatic heterocycles. The predicted octanol–water partition coefficient (Wildman–Crippen LogP) is 6.09. The fraction of sp³-hybridized carbons (Fsp3) is 0.286.